The van der Waals surface area contributed by atoms with Crippen LogP contribution in [-0.4, -0.2) is 54.2 Å². The molecule has 1 aliphatic heterocycles. The van der Waals surface area contributed by atoms with Gasteiger partial charge in [-0.05, 0) is 68.8 Å². The van der Waals surface area contributed by atoms with Crippen molar-refractivity contribution in [1.29, 1.82) is 0 Å². The summed E-state index contributed by atoms with van der Waals surface area (Å²) in [4.78, 5) is 25.0. The molecule has 0 radical (unpaired) electrons. The van der Waals surface area contributed by atoms with Crippen LogP contribution in [0.25, 0.3) is 0 Å². The maximum Gasteiger partial charge on any atom is 0.420 e. The van der Waals surface area contributed by atoms with Gasteiger partial charge in [0.1, 0.15) is 17.3 Å². The maximum atomic E-state index is 12.5. The molecule has 0 unspecified atom stereocenters. The number of carbonyl (C=O) groups is 1. The molecule has 0 spiro atoms. The lowest BCUT2D eigenvalue weighted by Crippen LogP contribution is -2.31. The molecule has 2 aromatic carbocycles. The molecule has 1 aliphatic rings. The first-order valence-electron chi connectivity index (χ1n) is 11.8. The number of halogens is 1. The van der Waals surface area contributed by atoms with Gasteiger partial charge in [0.2, 0.25) is 5.95 Å². The van der Waals surface area contributed by atoms with E-state index in [4.69, 9.17) is 21.1 Å². The van der Waals surface area contributed by atoms with Crippen molar-refractivity contribution < 1.29 is 14.3 Å². The Morgan fingerprint density at radius 1 is 1.09 bits per heavy atom. The Morgan fingerprint density at radius 2 is 1.89 bits per heavy atom. The van der Waals surface area contributed by atoms with Crippen molar-refractivity contribution in [2.75, 3.05) is 43.5 Å². The summed E-state index contributed by atoms with van der Waals surface area (Å²) in [5, 5.41) is 3.66. The van der Waals surface area contributed by atoms with Crippen molar-refractivity contribution in [1.82, 2.24) is 14.9 Å². The molecule has 1 amide bonds. The highest BCUT2D eigenvalue weighted by Gasteiger charge is 2.16. The second-order valence-corrected chi connectivity index (χ2v) is 8.82. The highest BCUT2D eigenvalue weighted by molar-refractivity contribution is 6.30. The van der Waals surface area contributed by atoms with Crippen LogP contribution < -0.4 is 19.7 Å². The van der Waals surface area contributed by atoms with Gasteiger partial charge < -0.3 is 19.7 Å². The molecule has 2 heterocycles. The van der Waals surface area contributed by atoms with E-state index >= 15 is 0 Å². The predicted molar refractivity (Wildman–Crippen MR) is 138 cm³/mol. The summed E-state index contributed by atoms with van der Waals surface area (Å²) in [6.45, 7) is 4.15. The van der Waals surface area contributed by atoms with E-state index in [0.29, 0.717) is 29.1 Å². The maximum absolute atomic E-state index is 12.5. The minimum atomic E-state index is -0.586. The zero-order valence-corrected chi connectivity index (χ0v) is 20.6. The second-order valence-electron chi connectivity index (χ2n) is 8.38. The number of ether oxygens (including phenoxy) is 2. The van der Waals surface area contributed by atoms with Crippen LogP contribution in [0, 0.1) is 0 Å². The molecule has 35 heavy (non-hydrogen) atoms. The average Bonchev–Trinajstić information content (AvgIpc) is 2.87. The molecular weight excluding hydrogens is 466 g/mol. The van der Waals surface area contributed by atoms with Crippen LogP contribution in [0.1, 0.15) is 25.7 Å². The van der Waals surface area contributed by atoms with E-state index in [-0.39, 0.29) is 0 Å². The van der Waals surface area contributed by atoms with Crippen molar-refractivity contribution in [2.24, 2.45) is 0 Å². The molecule has 0 bridgehead atoms. The van der Waals surface area contributed by atoms with Crippen LogP contribution in [-0.2, 0) is 0 Å². The highest BCUT2D eigenvalue weighted by Crippen LogP contribution is 2.22. The smallest absolute Gasteiger partial charge is 0.420 e. The molecule has 184 valence electrons. The van der Waals surface area contributed by atoms with Gasteiger partial charge in [-0.25, -0.2) is 9.78 Å². The van der Waals surface area contributed by atoms with Crippen molar-refractivity contribution >= 4 is 35.1 Å². The normalized spacial score (nSPS) is 13.8. The van der Waals surface area contributed by atoms with E-state index < -0.39 is 6.09 Å². The van der Waals surface area contributed by atoms with Gasteiger partial charge in [-0.3, -0.25) is 4.90 Å². The number of hydrogen-bond acceptors (Lipinski definition) is 7. The Morgan fingerprint density at radius 3 is 2.71 bits per heavy atom. The van der Waals surface area contributed by atoms with Gasteiger partial charge in [-0.2, -0.15) is 4.98 Å². The molecule has 0 aliphatic carbocycles. The van der Waals surface area contributed by atoms with Crippen LogP contribution in [0.4, 0.5) is 22.2 Å². The first kappa shape index (κ1) is 24.8. The van der Waals surface area contributed by atoms with Crippen molar-refractivity contribution in [2.45, 2.75) is 25.7 Å². The van der Waals surface area contributed by atoms with Gasteiger partial charge in [0.05, 0.1) is 6.61 Å². The first-order valence-corrected chi connectivity index (χ1v) is 12.2. The molecule has 0 saturated carbocycles. The number of aromatic nitrogens is 2. The zero-order chi connectivity index (χ0) is 24.5. The number of amides is 1. The zero-order valence-electron chi connectivity index (χ0n) is 19.8. The number of piperidine rings is 1. The summed E-state index contributed by atoms with van der Waals surface area (Å²) in [6.07, 6.45) is 5.95. The lowest BCUT2D eigenvalue weighted by atomic mass is 10.1. The third-order valence-corrected chi connectivity index (χ3v) is 5.92. The second kappa shape index (κ2) is 12.4. The summed E-state index contributed by atoms with van der Waals surface area (Å²) in [5.41, 5.74) is 0.792. The van der Waals surface area contributed by atoms with Gasteiger partial charge in [-0.1, -0.05) is 30.2 Å². The molecule has 0 atom stereocenters. The summed E-state index contributed by atoms with van der Waals surface area (Å²) < 4.78 is 11.3. The summed E-state index contributed by atoms with van der Waals surface area (Å²) >= 11 is 5.96. The molecule has 4 rings (SSSR count). The van der Waals surface area contributed by atoms with E-state index in [2.05, 4.69) is 20.2 Å². The van der Waals surface area contributed by atoms with Crippen LogP contribution in [0.2, 0.25) is 5.02 Å². The van der Waals surface area contributed by atoms with E-state index in [9.17, 15) is 4.79 Å². The fraction of sp³-hybridized carbons (Fsp3) is 0.346. The SMILES string of the molecule is CN(C(=O)Oc1cccc(Cl)c1)c1ccnc(Nc2cccc(OCCCN3CCCCC3)c2)n1. The van der Waals surface area contributed by atoms with Crippen LogP contribution in [0.15, 0.2) is 60.8 Å². The third-order valence-electron chi connectivity index (χ3n) is 5.69. The van der Waals surface area contributed by atoms with Crippen LogP contribution in [0.3, 0.4) is 0 Å². The molecule has 1 saturated heterocycles. The predicted octanol–water partition coefficient (Wildman–Crippen LogP) is 5.76. The van der Waals surface area contributed by atoms with Gasteiger partial charge >= 0.3 is 6.09 Å². The Balaban J connectivity index is 1.31. The molecule has 9 heteroatoms. The fourth-order valence-corrected chi connectivity index (χ4v) is 4.02. The Bertz CT molecular complexity index is 1120. The minimum Gasteiger partial charge on any atom is -0.493 e. The minimum absolute atomic E-state index is 0.354. The van der Waals surface area contributed by atoms with Crippen LogP contribution in [0.5, 0.6) is 11.5 Å². The summed E-state index contributed by atoms with van der Waals surface area (Å²) in [5.74, 6) is 1.88. The number of nitrogens with one attached hydrogen (secondary N) is 1. The molecular formula is C26H30ClN5O3. The summed E-state index contributed by atoms with van der Waals surface area (Å²) in [6, 6.07) is 16.0. The number of carbonyl (C=O) groups excluding carboxylic acids is 1. The van der Waals surface area contributed by atoms with E-state index in [1.54, 1.807) is 43.6 Å². The van der Waals surface area contributed by atoms with E-state index in [1.165, 1.54) is 37.3 Å². The molecule has 1 aromatic heterocycles. The van der Waals surface area contributed by atoms with Gasteiger partial charge in [0.25, 0.3) is 0 Å². The number of nitrogens with zero attached hydrogens (tertiary/aromatic N) is 4. The van der Waals surface area contributed by atoms with Gasteiger partial charge in [0, 0.05) is 36.6 Å². The topological polar surface area (TPSA) is 79.8 Å². The molecule has 3 aromatic rings. The number of benzene rings is 2. The fourth-order valence-electron chi connectivity index (χ4n) is 3.84. The van der Waals surface area contributed by atoms with Crippen molar-refractivity contribution in [3.63, 3.8) is 0 Å². The lowest BCUT2D eigenvalue weighted by Gasteiger charge is -2.26. The van der Waals surface area contributed by atoms with E-state index in [0.717, 1.165) is 24.4 Å². The van der Waals surface area contributed by atoms with Crippen molar-refractivity contribution in [3.05, 3.63) is 65.8 Å². The van der Waals surface area contributed by atoms with Crippen molar-refractivity contribution in [3.8, 4) is 11.5 Å². The standard InChI is InChI=1S/C26H30ClN5O3/c1-31(26(33)35-23-11-5-8-20(27)18-23)24-12-13-28-25(30-24)29-21-9-6-10-22(19-21)34-17-7-16-32-14-3-2-4-15-32/h5-6,8-13,18-19H,2-4,7,14-17H2,1H3,(H,28,29,30). The third kappa shape index (κ3) is 7.56. The summed E-state index contributed by atoms with van der Waals surface area (Å²) in [7, 11) is 1.58. The van der Waals surface area contributed by atoms with E-state index in [1.807, 2.05) is 24.3 Å². The molecule has 1 N–H and O–H groups in total. The molecule has 1 fully saturated rings. The Labute approximate surface area is 210 Å². The number of likely N-dealkylation sites (tertiary alicyclic amines) is 1. The average molecular weight is 496 g/mol. The van der Waals surface area contributed by atoms with Gasteiger partial charge in [0.15, 0.2) is 0 Å². The van der Waals surface area contributed by atoms with Crippen LogP contribution >= 0.6 is 11.6 Å². The quantitative estimate of drug-likeness (QED) is 0.378. The van der Waals surface area contributed by atoms with Gasteiger partial charge in [-0.15, -0.1) is 0 Å². The highest BCUT2D eigenvalue weighted by atomic mass is 35.5. The number of rotatable bonds is 9. The first-order chi connectivity index (χ1) is 17.1. The Kier molecular flexibility index (Phi) is 8.75. The lowest BCUT2D eigenvalue weighted by molar-refractivity contribution is 0.205. The monoisotopic (exact) mass is 495 g/mol. The number of hydrogen-bond donors (Lipinski definition) is 1. The Hall–Kier alpha value is -3.36. The largest absolute Gasteiger partial charge is 0.493 e. The molecule has 8 nitrogen and oxygen atoms in total. The number of anilines is 3.